The Balaban J connectivity index is 1.58. The average molecular weight is 359 g/mol. The van der Waals surface area contributed by atoms with Gasteiger partial charge in [-0.2, -0.15) is 0 Å². The van der Waals surface area contributed by atoms with Crippen LogP contribution >= 0.6 is 12.2 Å². The van der Waals surface area contributed by atoms with E-state index in [1.165, 1.54) is 36.8 Å². The number of amides is 1. The number of carbonyl (C=O) groups excluding carboxylic acids is 1. The van der Waals surface area contributed by atoms with Gasteiger partial charge in [-0.1, -0.05) is 37.1 Å². The summed E-state index contributed by atoms with van der Waals surface area (Å²) in [6.45, 7) is 2.72. The topological polar surface area (TPSA) is 56.4 Å². The van der Waals surface area contributed by atoms with Gasteiger partial charge < -0.3 is 20.9 Å². The van der Waals surface area contributed by atoms with Crippen LogP contribution in [0.3, 0.4) is 0 Å². The first-order valence-corrected chi connectivity index (χ1v) is 9.81. The molecule has 0 aromatic heterocycles. The molecule has 3 fully saturated rings. The van der Waals surface area contributed by atoms with E-state index in [1.807, 2.05) is 0 Å². The smallest absolute Gasteiger partial charge is 0.245 e. The highest BCUT2D eigenvalue weighted by Gasteiger charge is 2.42. The third kappa shape index (κ3) is 3.43. The van der Waals surface area contributed by atoms with Crippen LogP contribution in [0.1, 0.15) is 49.3 Å². The summed E-state index contributed by atoms with van der Waals surface area (Å²) in [5.74, 6) is 0.0162. The Bertz CT molecular complexity index is 657. The van der Waals surface area contributed by atoms with Gasteiger partial charge >= 0.3 is 0 Å². The van der Waals surface area contributed by atoms with Gasteiger partial charge in [-0.25, -0.2) is 0 Å². The van der Waals surface area contributed by atoms with Crippen molar-refractivity contribution in [1.82, 2.24) is 20.9 Å². The van der Waals surface area contributed by atoms with Gasteiger partial charge in [-0.15, -0.1) is 0 Å². The second-order valence-corrected chi connectivity index (χ2v) is 7.65. The van der Waals surface area contributed by atoms with E-state index in [0.717, 1.165) is 26.1 Å². The van der Waals surface area contributed by atoms with Crippen LogP contribution in [-0.2, 0) is 11.3 Å². The molecule has 25 heavy (non-hydrogen) atoms. The SMILES string of the molecule is O=C1NC(=S)N(Cc2ccccc2[C@H]2CCCCCN2)C2CCNC12. The first kappa shape index (κ1) is 16.9. The van der Waals surface area contributed by atoms with Crippen LogP contribution < -0.4 is 16.0 Å². The quantitative estimate of drug-likeness (QED) is 0.720. The van der Waals surface area contributed by atoms with Gasteiger partial charge in [0, 0.05) is 12.6 Å². The van der Waals surface area contributed by atoms with E-state index in [2.05, 4.69) is 45.1 Å². The summed E-state index contributed by atoms with van der Waals surface area (Å²) in [6, 6.07) is 9.12. The molecule has 1 aromatic rings. The predicted molar refractivity (Wildman–Crippen MR) is 102 cm³/mol. The van der Waals surface area contributed by atoms with Crippen LogP contribution in [0.25, 0.3) is 0 Å². The minimum atomic E-state index is -0.144. The lowest BCUT2D eigenvalue weighted by atomic mass is 9.95. The Morgan fingerprint density at radius 1 is 1.08 bits per heavy atom. The van der Waals surface area contributed by atoms with E-state index >= 15 is 0 Å². The maximum Gasteiger partial charge on any atom is 0.245 e. The minimum absolute atomic E-state index is 0.0162. The van der Waals surface area contributed by atoms with Crippen LogP contribution in [0.4, 0.5) is 0 Å². The van der Waals surface area contributed by atoms with Gasteiger partial charge in [0.2, 0.25) is 5.91 Å². The molecule has 6 heteroatoms. The van der Waals surface area contributed by atoms with Gasteiger partial charge in [-0.3, -0.25) is 4.79 Å². The molecule has 3 saturated heterocycles. The minimum Gasteiger partial charge on any atom is -0.339 e. The highest BCUT2D eigenvalue weighted by atomic mass is 32.1. The maximum atomic E-state index is 12.1. The van der Waals surface area contributed by atoms with Crippen molar-refractivity contribution in [1.29, 1.82) is 0 Å². The van der Waals surface area contributed by atoms with Crippen molar-refractivity contribution < 1.29 is 4.79 Å². The Kier molecular flexibility index (Phi) is 5.01. The van der Waals surface area contributed by atoms with Gasteiger partial charge in [0.1, 0.15) is 6.04 Å². The molecule has 134 valence electrons. The van der Waals surface area contributed by atoms with Crippen molar-refractivity contribution in [3.8, 4) is 0 Å². The lowest BCUT2D eigenvalue weighted by Crippen LogP contribution is -2.63. The first-order chi connectivity index (χ1) is 12.2. The average Bonchev–Trinajstić information content (AvgIpc) is 2.95. The molecule has 5 nitrogen and oxygen atoms in total. The molecule has 0 bridgehead atoms. The molecule has 3 aliphatic heterocycles. The summed E-state index contributed by atoms with van der Waals surface area (Å²) in [5.41, 5.74) is 2.69. The van der Waals surface area contributed by atoms with E-state index in [-0.39, 0.29) is 18.0 Å². The van der Waals surface area contributed by atoms with Crippen molar-refractivity contribution in [2.24, 2.45) is 0 Å². The summed E-state index contributed by atoms with van der Waals surface area (Å²) in [5, 5.41) is 10.5. The second kappa shape index (κ2) is 7.40. The first-order valence-electron chi connectivity index (χ1n) is 9.40. The third-order valence-electron chi connectivity index (χ3n) is 5.69. The Morgan fingerprint density at radius 3 is 2.88 bits per heavy atom. The molecule has 1 amide bonds. The van der Waals surface area contributed by atoms with E-state index in [4.69, 9.17) is 12.2 Å². The molecule has 0 aliphatic carbocycles. The van der Waals surface area contributed by atoms with Crippen LogP contribution in [0, 0.1) is 0 Å². The standard InChI is InChI=1S/C19H26N4OS/c24-18-17-16(9-11-21-17)23(19(25)22-18)12-13-6-3-4-7-14(13)15-8-2-1-5-10-20-15/h3-4,6-7,15-17,20-21H,1-2,5,8-12H2,(H,22,24,25)/t15-,16?,17?/m1/s1. The summed E-state index contributed by atoms with van der Waals surface area (Å²) in [7, 11) is 0. The van der Waals surface area contributed by atoms with Crippen molar-refractivity contribution >= 4 is 23.2 Å². The van der Waals surface area contributed by atoms with E-state index in [0.29, 0.717) is 11.2 Å². The normalized spacial score (nSPS) is 29.9. The van der Waals surface area contributed by atoms with Gasteiger partial charge in [-0.05, 0) is 55.7 Å². The summed E-state index contributed by atoms with van der Waals surface area (Å²) < 4.78 is 0. The monoisotopic (exact) mass is 358 g/mol. The fourth-order valence-corrected chi connectivity index (χ4v) is 4.68. The number of nitrogens with zero attached hydrogens (tertiary/aromatic N) is 1. The zero-order valence-electron chi connectivity index (χ0n) is 14.5. The number of nitrogens with one attached hydrogen (secondary N) is 3. The zero-order valence-corrected chi connectivity index (χ0v) is 15.3. The van der Waals surface area contributed by atoms with Crippen molar-refractivity contribution in [2.75, 3.05) is 13.1 Å². The Morgan fingerprint density at radius 2 is 1.96 bits per heavy atom. The summed E-state index contributed by atoms with van der Waals surface area (Å²) in [6.07, 6.45) is 5.99. The Hall–Kier alpha value is -1.50. The number of rotatable bonds is 3. The molecule has 0 radical (unpaired) electrons. The number of fused-ring (bicyclic) bond motifs is 1. The number of hydrogen-bond donors (Lipinski definition) is 3. The lowest BCUT2D eigenvalue weighted by molar-refractivity contribution is -0.123. The number of benzene rings is 1. The van der Waals surface area contributed by atoms with E-state index in [1.54, 1.807) is 0 Å². The molecular weight excluding hydrogens is 332 g/mol. The second-order valence-electron chi connectivity index (χ2n) is 7.26. The zero-order chi connectivity index (χ0) is 17.2. The lowest BCUT2D eigenvalue weighted by Gasteiger charge is -2.39. The maximum absolute atomic E-state index is 12.1. The summed E-state index contributed by atoms with van der Waals surface area (Å²) in [4.78, 5) is 14.3. The highest BCUT2D eigenvalue weighted by molar-refractivity contribution is 7.80. The molecule has 4 rings (SSSR count). The van der Waals surface area contributed by atoms with Gasteiger partial charge in [0.15, 0.2) is 5.11 Å². The number of hydrogen-bond acceptors (Lipinski definition) is 4. The molecule has 3 aliphatic rings. The largest absolute Gasteiger partial charge is 0.339 e. The molecule has 0 spiro atoms. The van der Waals surface area contributed by atoms with Gasteiger partial charge in [0.25, 0.3) is 0 Å². The highest BCUT2D eigenvalue weighted by Crippen LogP contribution is 2.28. The van der Waals surface area contributed by atoms with E-state index in [9.17, 15) is 4.79 Å². The molecule has 1 aromatic carbocycles. The molecule has 3 N–H and O–H groups in total. The van der Waals surface area contributed by atoms with Crippen LogP contribution in [0.2, 0.25) is 0 Å². The summed E-state index contributed by atoms with van der Waals surface area (Å²) >= 11 is 5.50. The number of carbonyl (C=O) groups is 1. The Labute approximate surface area is 154 Å². The van der Waals surface area contributed by atoms with Crippen LogP contribution in [0.5, 0.6) is 0 Å². The fraction of sp³-hybridized carbons (Fsp3) is 0.579. The molecular formula is C19H26N4OS. The van der Waals surface area contributed by atoms with Crippen LogP contribution in [0.15, 0.2) is 24.3 Å². The molecule has 3 heterocycles. The van der Waals surface area contributed by atoms with Crippen molar-refractivity contribution in [3.05, 3.63) is 35.4 Å². The fourth-order valence-electron chi connectivity index (χ4n) is 4.38. The molecule has 0 saturated carbocycles. The van der Waals surface area contributed by atoms with Crippen LogP contribution in [-0.4, -0.2) is 41.1 Å². The number of thiocarbonyl (C=S) groups is 1. The third-order valence-corrected chi connectivity index (χ3v) is 6.03. The molecule has 3 atom stereocenters. The van der Waals surface area contributed by atoms with Crippen molar-refractivity contribution in [2.45, 2.75) is 56.8 Å². The van der Waals surface area contributed by atoms with E-state index < -0.39 is 0 Å². The molecule has 2 unspecified atom stereocenters. The predicted octanol–water partition coefficient (Wildman–Crippen LogP) is 1.84. The van der Waals surface area contributed by atoms with Gasteiger partial charge in [0.05, 0.1) is 6.04 Å². The van der Waals surface area contributed by atoms with Crippen molar-refractivity contribution in [3.63, 3.8) is 0 Å².